The van der Waals surface area contributed by atoms with Crippen LogP contribution in [0.4, 0.5) is 18.9 Å². The Morgan fingerprint density at radius 3 is 2.60 bits per heavy atom. The number of alkyl halides is 3. The van der Waals surface area contributed by atoms with Gasteiger partial charge < -0.3 is 20.1 Å². The number of likely N-dealkylation sites (tertiary alicyclic amines) is 1. The van der Waals surface area contributed by atoms with Crippen LogP contribution in [-0.2, 0) is 17.9 Å². The average Bonchev–Trinajstić information content (AvgIpc) is 3.47. The van der Waals surface area contributed by atoms with E-state index in [-0.39, 0.29) is 30.3 Å². The van der Waals surface area contributed by atoms with Gasteiger partial charge in [0.1, 0.15) is 11.6 Å². The second-order valence-electron chi connectivity index (χ2n) is 10.8. The zero-order valence-electron chi connectivity index (χ0n) is 22.1. The van der Waals surface area contributed by atoms with Gasteiger partial charge >= 0.3 is 6.18 Å². The van der Waals surface area contributed by atoms with Crippen molar-refractivity contribution in [3.05, 3.63) is 65.2 Å². The Morgan fingerprint density at radius 1 is 1.07 bits per heavy atom. The predicted octanol–water partition coefficient (Wildman–Crippen LogP) is 5.65. The van der Waals surface area contributed by atoms with E-state index < -0.39 is 12.7 Å². The van der Waals surface area contributed by atoms with Crippen molar-refractivity contribution < 1.29 is 18.0 Å². The summed E-state index contributed by atoms with van der Waals surface area (Å²) in [6.45, 7) is 1.02. The lowest BCUT2D eigenvalue weighted by atomic mass is 10.0. The highest BCUT2D eigenvalue weighted by Gasteiger charge is 2.43. The summed E-state index contributed by atoms with van der Waals surface area (Å²) in [5.74, 6) is 0.114. The Balaban J connectivity index is 1.21. The Kier molecular flexibility index (Phi) is 7.26. The van der Waals surface area contributed by atoms with Gasteiger partial charge in [0.05, 0.1) is 17.8 Å². The summed E-state index contributed by atoms with van der Waals surface area (Å²) in [5, 5.41) is 16.6. The normalized spacial score (nSPS) is 20.1. The van der Waals surface area contributed by atoms with Crippen molar-refractivity contribution in [1.29, 1.82) is 0 Å². The van der Waals surface area contributed by atoms with Crippen molar-refractivity contribution in [2.75, 3.05) is 25.5 Å². The number of rotatable bonds is 8. The largest absolute Gasteiger partial charge is 0.406 e. The van der Waals surface area contributed by atoms with E-state index in [1.165, 1.54) is 15.9 Å². The van der Waals surface area contributed by atoms with Crippen molar-refractivity contribution in [3.8, 4) is 10.7 Å². The third-order valence-corrected chi connectivity index (χ3v) is 8.76. The van der Waals surface area contributed by atoms with Crippen LogP contribution in [0.25, 0.3) is 21.6 Å². The highest BCUT2D eigenvalue weighted by atomic mass is 32.1. The molecule has 2 aliphatic rings. The fraction of sp³-hybridized carbons (Fsp3) is 0.414. The molecule has 4 aromatic rings. The average molecular weight is 569 g/mol. The summed E-state index contributed by atoms with van der Waals surface area (Å²) < 4.78 is 42.3. The molecular weight excluding hydrogens is 537 g/mol. The van der Waals surface area contributed by atoms with Gasteiger partial charge in [-0.1, -0.05) is 47.7 Å². The molecule has 1 saturated carbocycles. The monoisotopic (exact) mass is 568 g/mol. The predicted molar refractivity (Wildman–Crippen MR) is 150 cm³/mol. The Bertz CT molecular complexity index is 1490. The van der Waals surface area contributed by atoms with Gasteiger partial charge in [-0.15, -0.1) is 10.2 Å². The molecule has 40 heavy (non-hydrogen) atoms. The van der Waals surface area contributed by atoms with Gasteiger partial charge in [-0.2, -0.15) is 13.2 Å². The molecule has 0 unspecified atom stereocenters. The first-order chi connectivity index (χ1) is 19.2. The Morgan fingerprint density at radius 2 is 1.85 bits per heavy atom. The zero-order chi connectivity index (χ0) is 27.9. The summed E-state index contributed by atoms with van der Waals surface area (Å²) in [6, 6.07) is 17.4. The number of carbonyl (C=O) groups is 1. The van der Waals surface area contributed by atoms with Gasteiger partial charge in [0.2, 0.25) is 5.91 Å². The number of nitrogens with one attached hydrogen (secondary N) is 2. The molecule has 11 heteroatoms. The van der Waals surface area contributed by atoms with Crippen molar-refractivity contribution in [3.63, 3.8) is 0 Å². The van der Waals surface area contributed by atoms with Crippen LogP contribution in [0.5, 0.6) is 0 Å². The van der Waals surface area contributed by atoms with E-state index in [0.29, 0.717) is 21.2 Å². The lowest BCUT2D eigenvalue weighted by molar-refractivity contribution is -0.139. The topological polar surface area (TPSA) is 75.1 Å². The maximum Gasteiger partial charge on any atom is 0.406 e. The molecule has 1 aliphatic heterocycles. The van der Waals surface area contributed by atoms with Crippen molar-refractivity contribution in [1.82, 2.24) is 25.0 Å². The molecule has 1 aliphatic carbocycles. The van der Waals surface area contributed by atoms with E-state index >= 15 is 0 Å². The molecule has 2 aromatic carbocycles. The molecule has 2 fully saturated rings. The first kappa shape index (κ1) is 26.8. The van der Waals surface area contributed by atoms with Crippen LogP contribution in [-0.4, -0.2) is 57.9 Å². The lowest BCUT2D eigenvalue weighted by Gasteiger charge is -2.30. The summed E-state index contributed by atoms with van der Waals surface area (Å²) in [5.41, 5.74) is 2.84. The number of nitrogens with zero attached hydrogens (tertiary/aromatic N) is 4. The van der Waals surface area contributed by atoms with E-state index in [1.54, 1.807) is 18.2 Å². The van der Waals surface area contributed by atoms with Gasteiger partial charge in [-0.25, -0.2) is 0 Å². The molecule has 3 heterocycles. The Hall–Kier alpha value is -3.44. The number of halogens is 3. The molecular formula is C29H31F3N6OS. The minimum absolute atomic E-state index is 0.0404. The number of anilines is 1. The summed E-state index contributed by atoms with van der Waals surface area (Å²) in [7, 11) is 2.09. The van der Waals surface area contributed by atoms with Gasteiger partial charge in [0, 0.05) is 23.0 Å². The summed E-state index contributed by atoms with van der Waals surface area (Å²) >= 11 is 1.20. The van der Waals surface area contributed by atoms with Crippen LogP contribution in [0.15, 0.2) is 54.6 Å². The van der Waals surface area contributed by atoms with Crippen molar-refractivity contribution in [2.24, 2.45) is 5.92 Å². The molecule has 6 rings (SSSR count). The number of aromatic nitrogens is 3. The second-order valence-corrected chi connectivity index (χ2v) is 11.8. The number of hydrogen-bond donors (Lipinski definition) is 2. The standard InChI is InChI=1S/C29H31F3N6OS/c1-37-12-10-19(11-13-37)34-23-8-5-9-24-22(23)15-25(38(24)17-29(30,31)32)28-36-35-26(40-28)16-33-27(39)21-14-20(21)18-6-3-2-4-7-18/h2-9,15,19-21,34H,10-14,16-17H2,1H3,(H,33,39)/t20-,21+/m1/s1. The van der Waals surface area contributed by atoms with E-state index in [1.807, 2.05) is 36.4 Å². The molecule has 7 nitrogen and oxygen atoms in total. The minimum Gasteiger partial charge on any atom is -0.382 e. The number of carbonyl (C=O) groups excluding carboxylic acids is 1. The second kappa shape index (κ2) is 10.9. The lowest BCUT2D eigenvalue weighted by Crippen LogP contribution is -2.36. The van der Waals surface area contributed by atoms with Crippen LogP contribution in [0.2, 0.25) is 0 Å². The highest BCUT2D eigenvalue weighted by molar-refractivity contribution is 7.14. The van der Waals surface area contributed by atoms with E-state index in [4.69, 9.17) is 0 Å². The molecule has 1 amide bonds. The van der Waals surface area contributed by atoms with Crippen LogP contribution in [0.3, 0.4) is 0 Å². The van der Waals surface area contributed by atoms with Crippen molar-refractivity contribution in [2.45, 2.75) is 50.5 Å². The third-order valence-electron chi connectivity index (χ3n) is 7.82. The number of hydrogen-bond acceptors (Lipinski definition) is 6. The van der Waals surface area contributed by atoms with Crippen LogP contribution in [0, 0.1) is 5.92 Å². The fourth-order valence-corrected chi connectivity index (χ4v) is 6.39. The van der Waals surface area contributed by atoms with Crippen LogP contribution >= 0.6 is 11.3 Å². The smallest absolute Gasteiger partial charge is 0.382 e. The van der Waals surface area contributed by atoms with Crippen LogP contribution in [0.1, 0.15) is 35.8 Å². The van der Waals surface area contributed by atoms with Gasteiger partial charge in [0.25, 0.3) is 0 Å². The number of fused-ring (bicyclic) bond motifs is 1. The maximum absolute atomic E-state index is 13.7. The molecule has 0 bridgehead atoms. The van der Waals surface area contributed by atoms with E-state index in [9.17, 15) is 18.0 Å². The van der Waals surface area contributed by atoms with Crippen LogP contribution < -0.4 is 10.6 Å². The molecule has 2 N–H and O–H groups in total. The molecule has 210 valence electrons. The first-order valence-electron chi connectivity index (χ1n) is 13.5. The Labute approximate surface area is 234 Å². The van der Waals surface area contributed by atoms with E-state index in [2.05, 4.69) is 32.8 Å². The molecule has 2 aromatic heterocycles. The first-order valence-corrected chi connectivity index (χ1v) is 14.4. The molecule has 0 spiro atoms. The molecule has 0 radical (unpaired) electrons. The van der Waals surface area contributed by atoms with Gasteiger partial charge in [-0.05, 0) is 69.1 Å². The number of piperidine rings is 1. The highest BCUT2D eigenvalue weighted by Crippen LogP contribution is 2.47. The quantitative estimate of drug-likeness (QED) is 0.288. The third kappa shape index (κ3) is 5.85. The molecule has 2 atom stereocenters. The van der Waals surface area contributed by atoms with E-state index in [0.717, 1.165) is 49.0 Å². The number of benzene rings is 2. The van der Waals surface area contributed by atoms with Gasteiger partial charge in [-0.3, -0.25) is 4.79 Å². The fourth-order valence-electron chi connectivity index (χ4n) is 5.59. The zero-order valence-corrected chi connectivity index (χ0v) is 22.9. The summed E-state index contributed by atoms with van der Waals surface area (Å²) in [6.07, 6.45) is -1.65. The SMILES string of the molecule is CN1CCC(Nc2cccc3c2cc(-c2nnc(CNC(=O)[C@H]4C[C@@H]4c4ccccc4)s2)n3CC(F)(F)F)CC1. The van der Waals surface area contributed by atoms with Crippen molar-refractivity contribution >= 4 is 33.8 Å². The maximum atomic E-state index is 13.7. The minimum atomic E-state index is -4.40. The number of amides is 1. The molecule has 1 saturated heterocycles. The summed E-state index contributed by atoms with van der Waals surface area (Å²) in [4.78, 5) is 15.0. The van der Waals surface area contributed by atoms with Gasteiger partial charge in [0.15, 0.2) is 5.01 Å².